The maximum absolute atomic E-state index is 13.5. The molecule has 1 aromatic rings. The van der Waals surface area contributed by atoms with Crippen LogP contribution in [-0.2, 0) is 57.2 Å². The topological polar surface area (TPSA) is 170 Å². The van der Waals surface area contributed by atoms with Crippen LogP contribution in [0.5, 0.6) is 0 Å². The molecular formula is C29H39NO12S. The molecule has 1 heterocycles. The Kier molecular flexibility index (Phi) is 13.9. The van der Waals surface area contributed by atoms with Crippen molar-refractivity contribution >= 4 is 47.5 Å². The third-order valence-electron chi connectivity index (χ3n) is 6.24. The van der Waals surface area contributed by atoms with Crippen molar-refractivity contribution in [1.82, 2.24) is 5.32 Å². The number of esters is 5. The van der Waals surface area contributed by atoms with Gasteiger partial charge in [0.1, 0.15) is 18.8 Å². The van der Waals surface area contributed by atoms with E-state index in [4.69, 9.17) is 28.4 Å². The van der Waals surface area contributed by atoms with Gasteiger partial charge in [-0.3, -0.25) is 24.0 Å². The highest BCUT2D eigenvalue weighted by atomic mass is 32.2. The monoisotopic (exact) mass is 625 g/mol. The van der Waals surface area contributed by atoms with Crippen LogP contribution < -0.4 is 5.32 Å². The molecule has 0 radical (unpaired) electrons. The Labute approximate surface area is 254 Å². The molecule has 0 aromatic heterocycles. The average molecular weight is 626 g/mol. The van der Waals surface area contributed by atoms with Crippen molar-refractivity contribution in [2.75, 3.05) is 13.7 Å². The Bertz CT molecular complexity index is 1150. The van der Waals surface area contributed by atoms with Gasteiger partial charge in [0.05, 0.1) is 13.2 Å². The molecular weight excluding hydrogens is 586 g/mol. The Morgan fingerprint density at radius 3 is 2.16 bits per heavy atom. The van der Waals surface area contributed by atoms with E-state index in [-0.39, 0.29) is 12.8 Å². The first-order valence-electron chi connectivity index (χ1n) is 13.8. The van der Waals surface area contributed by atoms with Crippen LogP contribution in [0.25, 0.3) is 0 Å². The Hall–Kier alpha value is -3.65. The predicted molar refractivity (Wildman–Crippen MR) is 151 cm³/mol. The van der Waals surface area contributed by atoms with Crippen molar-refractivity contribution in [1.29, 1.82) is 0 Å². The summed E-state index contributed by atoms with van der Waals surface area (Å²) in [7, 11) is 1.15. The molecule has 6 atom stereocenters. The van der Waals surface area contributed by atoms with Gasteiger partial charge in [-0.15, -0.1) is 0 Å². The van der Waals surface area contributed by atoms with Crippen molar-refractivity contribution < 1.29 is 57.2 Å². The minimum atomic E-state index is -1.90. The molecule has 1 aliphatic rings. The summed E-state index contributed by atoms with van der Waals surface area (Å²) in [6.45, 7) is 5.84. The molecule has 13 nitrogen and oxygen atoms in total. The number of methoxy groups -OCH3 is 1. The number of hydrogen-bond donors (Lipinski definition) is 1. The molecule has 43 heavy (non-hydrogen) atoms. The normalized spacial score (nSPS) is 22.7. The molecule has 1 amide bonds. The zero-order chi connectivity index (χ0) is 32.2. The molecule has 1 fully saturated rings. The summed E-state index contributed by atoms with van der Waals surface area (Å²) in [5, 5.41) is 2.80. The fourth-order valence-electron chi connectivity index (χ4n) is 4.54. The van der Waals surface area contributed by atoms with E-state index in [1.807, 2.05) is 6.92 Å². The van der Waals surface area contributed by atoms with E-state index in [2.05, 4.69) is 5.32 Å². The molecule has 0 bridgehead atoms. The highest BCUT2D eigenvalue weighted by Crippen LogP contribution is 2.45. The van der Waals surface area contributed by atoms with Gasteiger partial charge in [0.15, 0.2) is 12.2 Å². The molecule has 0 unspecified atom stereocenters. The number of ether oxygens (including phenoxy) is 6. The van der Waals surface area contributed by atoms with Gasteiger partial charge in [-0.05, 0) is 18.6 Å². The lowest BCUT2D eigenvalue weighted by molar-refractivity contribution is -0.224. The summed E-state index contributed by atoms with van der Waals surface area (Å²) in [4.78, 5) is 73.7. The number of hydrogen-bond acceptors (Lipinski definition) is 13. The number of rotatable bonds is 14. The van der Waals surface area contributed by atoms with Gasteiger partial charge >= 0.3 is 29.8 Å². The second-order valence-electron chi connectivity index (χ2n) is 9.82. The second kappa shape index (κ2) is 16.8. The Morgan fingerprint density at radius 1 is 0.977 bits per heavy atom. The molecule has 14 heteroatoms. The van der Waals surface area contributed by atoms with E-state index in [0.717, 1.165) is 53.0 Å². The van der Waals surface area contributed by atoms with Crippen molar-refractivity contribution in [3.8, 4) is 0 Å². The van der Waals surface area contributed by atoms with Gasteiger partial charge in [-0.25, -0.2) is 4.79 Å². The lowest BCUT2D eigenvalue weighted by Gasteiger charge is -2.48. The van der Waals surface area contributed by atoms with E-state index < -0.39 is 77.8 Å². The summed E-state index contributed by atoms with van der Waals surface area (Å²) >= 11 is 0.960. The van der Waals surface area contributed by atoms with Gasteiger partial charge < -0.3 is 33.7 Å². The van der Waals surface area contributed by atoms with Crippen LogP contribution in [-0.4, -0.2) is 84.9 Å². The minimum Gasteiger partial charge on any atom is -0.466 e. The van der Waals surface area contributed by atoms with E-state index in [0.29, 0.717) is 11.3 Å². The number of nitrogens with one attached hydrogen (secondary N) is 1. The van der Waals surface area contributed by atoms with Crippen molar-refractivity contribution in [3.05, 3.63) is 30.3 Å². The van der Waals surface area contributed by atoms with Crippen LogP contribution in [0.15, 0.2) is 35.2 Å². The molecule has 0 saturated carbocycles. The van der Waals surface area contributed by atoms with Gasteiger partial charge in [0, 0.05) is 45.4 Å². The number of carbonyl (C=O) groups is 6. The third kappa shape index (κ3) is 10.8. The molecule has 1 aliphatic heterocycles. The van der Waals surface area contributed by atoms with Crippen molar-refractivity contribution in [2.24, 2.45) is 0 Å². The van der Waals surface area contributed by atoms with Gasteiger partial charge in [0.2, 0.25) is 10.8 Å². The highest BCUT2D eigenvalue weighted by molar-refractivity contribution is 8.01. The maximum Gasteiger partial charge on any atom is 0.349 e. The van der Waals surface area contributed by atoms with E-state index in [9.17, 15) is 28.8 Å². The van der Waals surface area contributed by atoms with Crippen LogP contribution >= 0.6 is 11.8 Å². The first kappa shape index (κ1) is 35.5. The summed E-state index contributed by atoms with van der Waals surface area (Å²) in [6.07, 6.45) is -4.58. The van der Waals surface area contributed by atoms with E-state index >= 15 is 0 Å². The van der Waals surface area contributed by atoms with Crippen LogP contribution in [0.3, 0.4) is 0 Å². The number of unbranched alkanes of at least 4 members (excludes halogenated alkanes) is 1. The molecule has 2 rings (SSSR count). The van der Waals surface area contributed by atoms with Gasteiger partial charge in [0.25, 0.3) is 0 Å². The summed E-state index contributed by atoms with van der Waals surface area (Å²) in [5.41, 5.74) is 0. The van der Waals surface area contributed by atoms with Crippen LogP contribution in [0.4, 0.5) is 0 Å². The zero-order valence-electron chi connectivity index (χ0n) is 25.1. The second-order valence-corrected chi connectivity index (χ2v) is 11.2. The van der Waals surface area contributed by atoms with Crippen molar-refractivity contribution in [3.63, 3.8) is 0 Å². The molecule has 1 aromatic carbocycles. The number of carbonyl (C=O) groups excluding carboxylic acids is 6. The number of thioether (sulfide) groups is 1. The number of benzene rings is 1. The summed E-state index contributed by atoms with van der Waals surface area (Å²) < 4.78 is 33.4. The van der Waals surface area contributed by atoms with E-state index in [1.165, 1.54) is 0 Å². The Morgan fingerprint density at radius 2 is 1.63 bits per heavy atom. The van der Waals surface area contributed by atoms with Gasteiger partial charge in [-0.2, -0.15) is 0 Å². The quantitative estimate of drug-likeness (QED) is 0.236. The summed E-state index contributed by atoms with van der Waals surface area (Å²) in [6, 6.07) is 7.50. The minimum absolute atomic E-state index is 0.118. The molecule has 1 N–H and O–H groups in total. The fraction of sp³-hybridized carbons (Fsp3) is 0.586. The molecule has 0 aliphatic carbocycles. The SMILES string of the molecule is CCCCC(=O)N[C@H]1[C@H]([C@H](OC(C)=O)[C@@H](COC(C)=O)OC(C)=O)O[C@@](Sc2ccccc2)(C(=O)OC)C[C@@H]1OC(C)=O. The lowest BCUT2D eigenvalue weighted by Crippen LogP contribution is -2.68. The number of amides is 1. The first-order valence-corrected chi connectivity index (χ1v) is 14.6. The largest absolute Gasteiger partial charge is 0.466 e. The van der Waals surface area contributed by atoms with Gasteiger partial charge in [-0.1, -0.05) is 43.3 Å². The van der Waals surface area contributed by atoms with Crippen LogP contribution in [0, 0.1) is 0 Å². The maximum atomic E-state index is 13.5. The standard InChI is InChI=1S/C29H39NO12S/c1-7-8-14-24(35)30-25-22(39-18(3)32)15-29(28(36)37-6,43-21-12-10-9-11-13-21)42-27(25)26(41-20(5)34)23(40-19(4)33)16-38-17(2)31/h9-13,22-23,25-27H,7-8,14-16H2,1-6H3,(H,30,35)/t22-,23+,25+,26+,27+,29-/m0/s1. The Balaban J connectivity index is 2.78. The fourth-order valence-corrected chi connectivity index (χ4v) is 5.79. The third-order valence-corrected chi connectivity index (χ3v) is 7.50. The average Bonchev–Trinajstić information content (AvgIpc) is 2.93. The predicted octanol–water partition coefficient (Wildman–Crippen LogP) is 2.47. The smallest absolute Gasteiger partial charge is 0.349 e. The molecule has 0 spiro atoms. The molecule has 238 valence electrons. The van der Waals surface area contributed by atoms with Crippen LogP contribution in [0.1, 0.15) is 60.3 Å². The van der Waals surface area contributed by atoms with E-state index in [1.54, 1.807) is 30.3 Å². The highest BCUT2D eigenvalue weighted by Gasteiger charge is 2.59. The lowest BCUT2D eigenvalue weighted by atomic mass is 9.89. The molecule has 1 saturated heterocycles. The van der Waals surface area contributed by atoms with Crippen LogP contribution in [0.2, 0.25) is 0 Å². The van der Waals surface area contributed by atoms with Crippen molar-refractivity contribution in [2.45, 2.75) is 101 Å². The zero-order valence-corrected chi connectivity index (χ0v) is 25.9. The summed E-state index contributed by atoms with van der Waals surface area (Å²) in [5.74, 6) is -4.35. The first-order chi connectivity index (χ1) is 20.3.